The fraction of sp³-hybridized carbons (Fsp3) is 0.826. The molecular weight excluding hydrogens is 366 g/mol. The van der Waals surface area contributed by atoms with Gasteiger partial charge in [-0.1, -0.05) is 6.58 Å². The van der Waals surface area contributed by atoms with Gasteiger partial charge in [0, 0.05) is 39.8 Å². The quantitative estimate of drug-likeness (QED) is 0.608. The summed E-state index contributed by atoms with van der Waals surface area (Å²) in [6, 6.07) is 0.0722. The van der Waals surface area contributed by atoms with E-state index < -0.39 is 5.97 Å². The molecule has 0 atom stereocenters. The predicted octanol–water partition coefficient (Wildman–Crippen LogP) is 3.46. The second kappa shape index (κ2) is 7.69. The van der Waals surface area contributed by atoms with Gasteiger partial charge in [-0.3, -0.25) is 9.59 Å². The number of rotatable bonds is 5. The van der Waals surface area contributed by atoms with Crippen molar-refractivity contribution in [1.82, 2.24) is 15.5 Å². The molecule has 2 rings (SSSR count). The van der Waals surface area contributed by atoms with Crippen molar-refractivity contribution in [2.24, 2.45) is 0 Å². The molecule has 2 heterocycles. The van der Waals surface area contributed by atoms with Crippen LogP contribution in [0.15, 0.2) is 12.2 Å². The Balaban J connectivity index is 2.44. The lowest BCUT2D eigenvalue weighted by atomic mass is 9.75. The number of hydrogen-bond donors (Lipinski definition) is 3. The Kier molecular flexibility index (Phi) is 6.33. The van der Waals surface area contributed by atoms with Gasteiger partial charge in [-0.2, -0.15) is 0 Å². The van der Waals surface area contributed by atoms with Crippen molar-refractivity contribution in [3.05, 3.63) is 12.2 Å². The standard InChI is InChI=1S/C23H41N3O3/c1-15(10-18(27)28)19(29)26(16-11-20(2,3)24-21(4,5)12-16)17-13-22(6,7)25-23(8,9)14-17/h16-17,24-25H,1,10-14H2,2-9H3,(H,27,28). The molecule has 1 amide bonds. The molecule has 0 unspecified atom stereocenters. The van der Waals surface area contributed by atoms with Crippen LogP contribution in [0.4, 0.5) is 0 Å². The van der Waals surface area contributed by atoms with E-state index in [9.17, 15) is 14.7 Å². The van der Waals surface area contributed by atoms with Gasteiger partial charge in [-0.15, -0.1) is 0 Å². The fourth-order valence-electron chi connectivity index (χ4n) is 6.00. The second-order valence-corrected chi connectivity index (χ2v) is 11.8. The summed E-state index contributed by atoms with van der Waals surface area (Å²) in [5.41, 5.74) is -0.289. The van der Waals surface area contributed by atoms with Crippen LogP contribution in [-0.4, -0.2) is 56.1 Å². The number of nitrogens with one attached hydrogen (secondary N) is 2. The molecule has 29 heavy (non-hydrogen) atoms. The summed E-state index contributed by atoms with van der Waals surface area (Å²) in [6.07, 6.45) is 2.99. The molecule has 0 radical (unpaired) electrons. The molecule has 0 aliphatic carbocycles. The highest BCUT2D eigenvalue weighted by Crippen LogP contribution is 2.38. The zero-order chi connectivity index (χ0) is 22.4. The van der Waals surface area contributed by atoms with Gasteiger partial charge in [0.15, 0.2) is 0 Å². The molecule has 0 spiro atoms. The summed E-state index contributed by atoms with van der Waals surface area (Å²) in [7, 11) is 0. The van der Waals surface area contributed by atoms with Gasteiger partial charge in [-0.25, -0.2) is 0 Å². The first-order valence-electron chi connectivity index (χ1n) is 10.7. The highest BCUT2D eigenvalue weighted by atomic mass is 16.4. The number of carboxylic acids is 1. The van der Waals surface area contributed by atoms with Gasteiger partial charge in [-0.05, 0) is 81.1 Å². The minimum atomic E-state index is -1.01. The molecule has 0 aromatic rings. The first-order valence-corrected chi connectivity index (χ1v) is 10.7. The summed E-state index contributed by atoms with van der Waals surface area (Å²) < 4.78 is 0. The third-order valence-corrected chi connectivity index (χ3v) is 6.03. The van der Waals surface area contributed by atoms with Crippen molar-refractivity contribution in [3.8, 4) is 0 Å². The number of carbonyl (C=O) groups is 2. The second-order valence-electron chi connectivity index (χ2n) is 11.8. The van der Waals surface area contributed by atoms with Crippen LogP contribution < -0.4 is 10.6 Å². The van der Waals surface area contributed by atoms with Gasteiger partial charge in [0.25, 0.3) is 0 Å². The molecule has 0 saturated carbocycles. The van der Waals surface area contributed by atoms with Crippen LogP contribution in [0.5, 0.6) is 0 Å². The maximum Gasteiger partial charge on any atom is 0.308 e. The number of hydrogen-bond acceptors (Lipinski definition) is 4. The normalized spacial score (nSPS) is 25.9. The Labute approximate surface area is 176 Å². The van der Waals surface area contributed by atoms with E-state index in [1.165, 1.54) is 0 Å². The Morgan fingerprint density at radius 1 is 0.828 bits per heavy atom. The Hall–Kier alpha value is -1.40. The SMILES string of the molecule is C=C(CC(=O)O)C(=O)N(C1CC(C)(C)NC(C)(C)C1)C1CC(C)(C)NC(C)(C)C1. The van der Waals surface area contributed by atoms with Crippen molar-refractivity contribution >= 4 is 11.9 Å². The molecular formula is C23H41N3O3. The molecule has 2 aliphatic rings. The number of nitrogens with zero attached hydrogens (tertiary/aromatic N) is 1. The summed E-state index contributed by atoms with van der Waals surface area (Å²) in [5.74, 6) is -1.22. The van der Waals surface area contributed by atoms with Crippen LogP contribution in [0.2, 0.25) is 0 Å². The number of piperidine rings is 2. The van der Waals surface area contributed by atoms with Gasteiger partial charge in [0.05, 0.1) is 6.42 Å². The summed E-state index contributed by atoms with van der Waals surface area (Å²) in [5, 5.41) is 16.6. The van der Waals surface area contributed by atoms with Crippen molar-refractivity contribution in [2.45, 2.75) is 122 Å². The van der Waals surface area contributed by atoms with E-state index in [2.05, 4.69) is 72.6 Å². The highest BCUT2D eigenvalue weighted by Gasteiger charge is 2.47. The lowest BCUT2D eigenvalue weighted by molar-refractivity contribution is -0.141. The van der Waals surface area contributed by atoms with Crippen LogP contribution in [0, 0.1) is 0 Å². The van der Waals surface area contributed by atoms with Crippen molar-refractivity contribution in [3.63, 3.8) is 0 Å². The van der Waals surface area contributed by atoms with Gasteiger partial charge in [0.1, 0.15) is 0 Å². The number of aliphatic carboxylic acids is 1. The maximum atomic E-state index is 13.5. The third kappa shape index (κ3) is 6.29. The molecule has 6 nitrogen and oxygen atoms in total. The third-order valence-electron chi connectivity index (χ3n) is 6.03. The lowest BCUT2D eigenvalue weighted by Gasteiger charge is -2.55. The van der Waals surface area contributed by atoms with E-state index in [-0.39, 0.29) is 52.1 Å². The topological polar surface area (TPSA) is 81.7 Å². The molecule has 0 aromatic carbocycles. The first-order chi connectivity index (χ1) is 12.9. The van der Waals surface area contributed by atoms with Crippen molar-refractivity contribution in [2.75, 3.05) is 0 Å². The minimum Gasteiger partial charge on any atom is -0.481 e. The first kappa shape index (κ1) is 23.9. The molecule has 2 aliphatic heterocycles. The van der Waals surface area contributed by atoms with Crippen molar-refractivity contribution in [1.29, 1.82) is 0 Å². The lowest BCUT2D eigenvalue weighted by Crippen LogP contribution is -2.67. The van der Waals surface area contributed by atoms with Crippen molar-refractivity contribution < 1.29 is 14.7 Å². The molecule has 6 heteroatoms. The molecule has 2 fully saturated rings. The minimum absolute atomic E-state index is 0.0361. The van der Waals surface area contributed by atoms with E-state index in [0.29, 0.717) is 0 Å². The molecule has 0 bridgehead atoms. The summed E-state index contributed by atoms with van der Waals surface area (Å²) in [6.45, 7) is 21.2. The molecule has 2 saturated heterocycles. The van der Waals surface area contributed by atoms with Crippen LogP contribution in [-0.2, 0) is 9.59 Å². The van der Waals surface area contributed by atoms with E-state index in [1.54, 1.807) is 0 Å². The predicted molar refractivity (Wildman–Crippen MR) is 117 cm³/mol. The zero-order valence-electron chi connectivity index (χ0n) is 19.6. The molecule has 0 aromatic heterocycles. The highest BCUT2D eigenvalue weighted by molar-refractivity contribution is 5.97. The average molecular weight is 408 g/mol. The molecule has 166 valence electrons. The van der Waals surface area contributed by atoms with Crippen LogP contribution in [0.1, 0.15) is 87.5 Å². The van der Waals surface area contributed by atoms with E-state index in [0.717, 1.165) is 25.7 Å². The van der Waals surface area contributed by atoms with Gasteiger partial charge in [0.2, 0.25) is 5.91 Å². The van der Waals surface area contributed by atoms with Gasteiger partial charge >= 0.3 is 5.97 Å². The smallest absolute Gasteiger partial charge is 0.308 e. The van der Waals surface area contributed by atoms with E-state index >= 15 is 0 Å². The zero-order valence-corrected chi connectivity index (χ0v) is 19.6. The average Bonchev–Trinajstić information content (AvgIpc) is 2.39. The number of carbonyl (C=O) groups excluding carboxylic acids is 1. The van der Waals surface area contributed by atoms with Crippen LogP contribution in [0.3, 0.4) is 0 Å². The summed E-state index contributed by atoms with van der Waals surface area (Å²) >= 11 is 0. The summed E-state index contributed by atoms with van der Waals surface area (Å²) in [4.78, 5) is 26.8. The van der Waals surface area contributed by atoms with Gasteiger partial charge < -0.3 is 20.6 Å². The Bertz CT molecular complexity index is 609. The fourth-order valence-corrected chi connectivity index (χ4v) is 6.00. The van der Waals surface area contributed by atoms with E-state index in [1.807, 2.05) is 4.90 Å². The maximum absolute atomic E-state index is 13.5. The van der Waals surface area contributed by atoms with Crippen LogP contribution in [0.25, 0.3) is 0 Å². The number of amides is 1. The molecule has 3 N–H and O–H groups in total. The van der Waals surface area contributed by atoms with Crippen LogP contribution >= 0.6 is 0 Å². The largest absolute Gasteiger partial charge is 0.481 e. The van der Waals surface area contributed by atoms with E-state index in [4.69, 9.17) is 0 Å². The number of carboxylic acid groups (broad SMARTS) is 1. The Morgan fingerprint density at radius 3 is 1.41 bits per heavy atom. The monoisotopic (exact) mass is 407 g/mol. The Morgan fingerprint density at radius 2 is 1.14 bits per heavy atom.